The molecular formula is C50H90O6. The first kappa shape index (κ1) is 53.6. The van der Waals surface area contributed by atoms with Gasteiger partial charge in [0.15, 0.2) is 6.10 Å². The van der Waals surface area contributed by atoms with Crippen LogP contribution in [0.4, 0.5) is 0 Å². The Morgan fingerprint density at radius 3 is 1.09 bits per heavy atom. The van der Waals surface area contributed by atoms with E-state index in [-0.39, 0.29) is 31.1 Å². The first-order valence-corrected chi connectivity index (χ1v) is 24.0. The minimum absolute atomic E-state index is 0.0758. The van der Waals surface area contributed by atoms with Gasteiger partial charge in [0.25, 0.3) is 0 Å². The molecule has 1 atom stereocenters. The summed E-state index contributed by atoms with van der Waals surface area (Å²) in [5.41, 5.74) is 0. The number of esters is 3. The van der Waals surface area contributed by atoms with Crippen molar-refractivity contribution in [1.82, 2.24) is 0 Å². The SMILES string of the molecule is CCCC/C=C\CCCCCCC(=O)OC(COC(=O)CCCCCCCCCCC)COC(=O)CCCCCCCCCCCC/C=C\C=C/CCCCC. The van der Waals surface area contributed by atoms with E-state index in [1.54, 1.807) is 0 Å². The molecule has 56 heavy (non-hydrogen) atoms. The molecule has 0 spiro atoms. The van der Waals surface area contributed by atoms with Gasteiger partial charge < -0.3 is 14.2 Å². The van der Waals surface area contributed by atoms with Crippen LogP contribution in [0.25, 0.3) is 0 Å². The summed E-state index contributed by atoms with van der Waals surface area (Å²) in [4.78, 5) is 37.7. The second kappa shape index (κ2) is 45.3. The van der Waals surface area contributed by atoms with Gasteiger partial charge in [-0.15, -0.1) is 0 Å². The molecule has 0 radical (unpaired) electrons. The smallest absolute Gasteiger partial charge is 0.306 e. The summed E-state index contributed by atoms with van der Waals surface area (Å²) in [6.07, 6.45) is 51.3. The van der Waals surface area contributed by atoms with E-state index >= 15 is 0 Å². The highest BCUT2D eigenvalue weighted by Crippen LogP contribution is 2.15. The molecule has 0 fully saturated rings. The number of hydrogen-bond acceptors (Lipinski definition) is 6. The van der Waals surface area contributed by atoms with Gasteiger partial charge in [-0.3, -0.25) is 14.4 Å². The highest BCUT2D eigenvalue weighted by atomic mass is 16.6. The highest BCUT2D eigenvalue weighted by Gasteiger charge is 2.19. The van der Waals surface area contributed by atoms with Crippen LogP contribution in [-0.4, -0.2) is 37.2 Å². The Bertz CT molecular complexity index is 953. The third kappa shape index (κ3) is 42.8. The number of carbonyl (C=O) groups is 3. The van der Waals surface area contributed by atoms with Crippen LogP contribution in [0.3, 0.4) is 0 Å². The predicted molar refractivity (Wildman–Crippen MR) is 238 cm³/mol. The maximum atomic E-state index is 12.7. The van der Waals surface area contributed by atoms with Crippen LogP contribution < -0.4 is 0 Å². The normalized spacial score (nSPS) is 12.3. The molecule has 0 rings (SSSR count). The fourth-order valence-corrected chi connectivity index (χ4v) is 6.71. The molecule has 0 aliphatic carbocycles. The van der Waals surface area contributed by atoms with Crippen LogP contribution in [-0.2, 0) is 28.6 Å². The number of carbonyl (C=O) groups excluding carboxylic acids is 3. The molecule has 0 aromatic heterocycles. The standard InChI is InChI=1S/C50H90O6/c1-4-7-10-13-16-19-21-22-23-24-25-26-27-28-29-32-34-37-40-43-49(52)55-46-47(45-54-48(51)42-39-36-33-30-18-15-12-9-6-3)56-50(53)44-41-38-35-31-20-17-14-11-8-5-2/h14,16-17,19,21-22,47H,4-13,15,18,20,23-46H2,1-3H3/b17-14-,19-16-,22-21-. The molecule has 326 valence electrons. The molecule has 0 aromatic rings. The van der Waals surface area contributed by atoms with E-state index < -0.39 is 6.10 Å². The first-order valence-electron chi connectivity index (χ1n) is 24.0. The predicted octanol–water partition coefficient (Wildman–Crippen LogP) is 15.4. The Morgan fingerprint density at radius 2 is 0.661 bits per heavy atom. The molecule has 6 nitrogen and oxygen atoms in total. The summed E-state index contributed by atoms with van der Waals surface area (Å²) >= 11 is 0. The van der Waals surface area contributed by atoms with Crippen molar-refractivity contribution < 1.29 is 28.6 Å². The Morgan fingerprint density at radius 1 is 0.357 bits per heavy atom. The Balaban J connectivity index is 4.25. The molecule has 0 saturated heterocycles. The summed E-state index contributed by atoms with van der Waals surface area (Å²) in [7, 11) is 0. The zero-order valence-corrected chi connectivity index (χ0v) is 37.2. The molecule has 0 aliphatic heterocycles. The maximum absolute atomic E-state index is 12.7. The van der Waals surface area contributed by atoms with Crippen molar-refractivity contribution >= 4 is 17.9 Å². The van der Waals surface area contributed by atoms with E-state index in [0.717, 1.165) is 77.0 Å². The zero-order valence-electron chi connectivity index (χ0n) is 37.2. The van der Waals surface area contributed by atoms with E-state index in [0.29, 0.717) is 19.3 Å². The molecular weight excluding hydrogens is 697 g/mol. The lowest BCUT2D eigenvalue weighted by Gasteiger charge is -2.18. The van der Waals surface area contributed by atoms with Crippen LogP contribution >= 0.6 is 0 Å². The second-order valence-corrected chi connectivity index (χ2v) is 16.0. The van der Waals surface area contributed by atoms with Gasteiger partial charge in [-0.05, 0) is 64.2 Å². The number of hydrogen-bond donors (Lipinski definition) is 0. The van der Waals surface area contributed by atoms with Crippen molar-refractivity contribution in [3.05, 3.63) is 36.5 Å². The van der Waals surface area contributed by atoms with Gasteiger partial charge in [-0.2, -0.15) is 0 Å². The van der Waals surface area contributed by atoms with Crippen molar-refractivity contribution in [3.8, 4) is 0 Å². The Hall–Kier alpha value is -2.37. The van der Waals surface area contributed by atoms with Gasteiger partial charge in [0.05, 0.1) is 0 Å². The van der Waals surface area contributed by atoms with Crippen LogP contribution in [0.15, 0.2) is 36.5 Å². The molecule has 1 unspecified atom stereocenters. The number of unbranched alkanes of at least 4 members (excludes halogenated alkanes) is 27. The van der Waals surface area contributed by atoms with Crippen molar-refractivity contribution in [1.29, 1.82) is 0 Å². The monoisotopic (exact) mass is 787 g/mol. The number of allylic oxidation sites excluding steroid dienone is 6. The molecule has 6 heteroatoms. The fourth-order valence-electron chi connectivity index (χ4n) is 6.71. The zero-order chi connectivity index (χ0) is 40.8. The second-order valence-electron chi connectivity index (χ2n) is 16.0. The molecule has 0 aromatic carbocycles. The van der Waals surface area contributed by atoms with Gasteiger partial charge in [0.1, 0.15) is 13.2 Å². The van der Waals surface area contributed by atoms with Crippen LogP contribution in [0.1, 0.15) is 245 Å². The van der Waals surface area contributed by atoms with E-state index in [1.165, 1.54) is 128 Å². The summed E-state index contributed by atoms with van der Waals surface area (Å²) < 4.78 is 16.7. The first-order chi connectivity index (χ1) is 27.5. The van der Waals surface area contributed by atoms with Gasteiger partial charge in [-0.1, -0.05) is 198 Å². The van der Waals surface area contributed by atoms with Crippen molar-refractivity contribution in [2.24, 2.45) is 0 Å². The highest BCUT2D eigenvalue weighted by molar-refractivity contribution is 5.71. The molecule has 0 heterocycles. The lowest BCUT2D eigenvalue weighted by Crippen LogP contribution is -2.30. The quantitative estimate of drug-likeness (QED) is 0.0201. The molecule has 0 N–H and O–H groups in total. The largest absolute Gasteiger partial charge is 0.462 e. The Kier molecular flexibility index (Phi) is 43.4. The number of rotatable bonds is 43. The molecule has 0 amide bonds. The average molecular weight is 787 g/mol. The van der Waals surface area contributed by atoms with E-state index in [4.69, 9.17) is 14.2 Å². The van der Waals surface area contributed by atoms with E-state index in [2.05, 4.69) is 57.2 Å². The minimum atomic E-state index is -0.773. The third-order valence-corrected chi connectivity index (χ3v) is 10.4. The Labute approximate surface area is 346 Å². The van der Waals surface area contributed by atoms with Crippen molar-refractivity contribution in [2.45, 2.75) is 252 Å². The fraction of sp³-hybridized carbons (Fsp3) is 0.820. The van der Waals surface area contributed by atoms with E-state index in [9.17, 15) is 14.4 Å². The molecule has 0 saturated carbocycles. The minimum Gasteiger partial charge on any atom is -0.462 e. The molecule has 0 aliphatic rings. The lowest BCUT2D eigenvalue weighted by molar-refractivity contribution is -0.167. The summed E-state index contributed by atoms with van der Waals surface area (Å²) in [6.45, 7) is 6.54. The van der Waals surface area contributed by atoms with Crippen LogP contribution in [0.5, 0.6) is 0 Å². The van der Waals surface area contributed by atoms with Gasteiger partial charge in [0, 0.05) is 19.3 Å². The van der Waals surface area contributed by atoms with Crippen LogP contribution in [0.2, 0.25) is 0 Å². The topological polar surface area (TPSA) is 78.9 Å². The summed E-state index contributed by atoms with van der Waals surface area (Å²) in [6, 6.07) is 0. The van der Waals surface area contributed by atoms with Gasteiger partial charge in [-0.25, -0.2) is 0 Å². The van der Waals surface area contributed by atoms with E-state index in [1.807, 2.05) is 0 Å². The summed E-state index contributed by atoms with van der Waals surface area (Å²) in [5, 5.41) is 0. The van der Waals surface area contributed by atoms with Crippen LogP contribution in [0, 0.1) is 0 Å². The summed E-state index contributed by atoms with van der Waals surface area (Å²) in [5.74, 6) is -0.892. The number of ether oxygens (including phenoxy) is 3. The third-order valence-electron chi connectivity index (χ3n) is 10.4. The average Bonchev–Trinajstić information content (AvgIpc) is 3.19. The van der Waals surface area contributed by atoms with Gasteiger partial charge >= 0.3 is 17.9 Å². The maximum Gasteiger partial charge on any atom is 0.306 e. The lowest BCUT2D eigenvalue weighted by atomic mass is 10.1. The van der Waals surface area contributed by atoms with Crippen molar-refractivity contribution in [2.75, 3.05) is 13.2 Å². The molecule has 0 bridgehead atoms. The van der Waals surface area contributed by atoms with Crippen molar-refractivity contribution in [3.63, 3.8) is 0 Å². The van der Waals surface area contributed by atoms with Gasteiger partial charge in [0.2, 0.25) is 0 Å².